The van der Waals surface area contributed by atoms with Crippen LogP contribution in [-0.2, 0) is 17.8 Å². The second-order valence-electron chi connectivity index (χ2n) is 4.17. The summed E-state index contributed by atoms with van der Waals surface area (Å²) >= 11 is -1.75. The van der Waals surface area contributed by atoms with Crippen molar-refractivity contribution in [3.05, 3.63) is 51.4 Å². The van der Waals surface area contributed by atoms with E-state index in [1.54, 1.807) is 0 Å². The maximum absolute atomic E-state index is 6.01. The summed E-state index contributed by atoms with van der Waals surface area (Å²) in [5, 5.41) is 0. The Morgan fingerprint density at radius 3 is 2.44 bits per heavy atom. The van der Waals surface area contributed by atoms with Gasteiger partial charge in [-0.15, -0.1) is 0 Å². The third kappa shape index (κ3) is 2.81. The van der Waals surface area contributed by atoms with Crippen molar-refractivity contribution in [2.75, 3.05) is 0 Å². The van der Waals surface area contributed by atoms with Crippen LogP contribution in [0.5, 0.6) is 5.75 Å². The molecule has 0 saturated carbocycles. The molecule has 0 bridgehead atoms. The van der Waals surface area contributed by atoms with Gasteiger partial charge in [0.1, 0.15) is 0 Å². The molecular weight excluding hydrogens is 232 g/mol. The van der Waals surface area contributed by atoms with E-state index in [9.17, 15) is 0 Å². The van der Waals surface area contributed by atoms with Crippen molar-refractivity contribution in [3.8, 4) is 5.75 Å². The Balaban J connectivity index is 2.11. The predicted molar refractivity (Wildman–Crippen MR) is 65.5 cm³/mol. The van der Waals surface area contributed by atoms with Gasteiger partial charge < -0.3 is 0 Å². The molecule has 1 nitrogen and oxygen atoms in total. The molecule has 0 unspecified atom stereocenters. The number of hydrogen-bond donors (Lipinski definition) is 0. The third-order valence-corrected chi connectivity index (χ3v) is 5.02. The van der Waals surface area contributed by atoms with Crippen molar-refractivity contribution in [2.45, 2.75) is 20.3 Å². The molecule has 0 atom stereocenters. The summed E-state index contributed by atoms with van der Waals surface area (Å²) in [5.41, 5.74) is 2.50. The fourth-order valence-electron chi connectivity index (χ4n) is 1.85. The Kier molecular flexibility index (Phi) is 3.57. The molecule has 1 aromatic rings. The second kappa shape index (κ2) is 4.94. The van der Waals surface area contributed by atoms with Crippen molar-refractivity contribution in [1.29, 1.82) is 0 Å². The number of hydrogen-bond acceptors (Lipinski definition) is 1. The van der Waals surface area contributed by atoms with Gasteiger partial charge in [0, 0.05) is 0 Å². The second-order valence-corrected chi connectivity index (χ2v) is 6.82. The number of aryl methyl sites for hydroxylation is 2. The summed E-state index contributed by atoms with van der Waals surface area (Å²) in [4.78, 5) is 4.21. The molecule has 0 heterocycles. The summed E-state index contributed by atoms with van der Waals surface area (Å²) in [5.74, 6) is 0.982. The third-order valence-electron chi connectivity index (χ3n) is 2.57. The summed E-state index contributed by atoms with van der Waals surface area (Å²) in [6, 6.07) is 6.34. The van der Waals surface area contributed by atoms with Gasteiger partial charge >= 0.3 is 103 Å². The fourth-order valence-corrected chi connectivity index (χ4v) is 3.67. The molecule has 0 N–H and O–H groups in total. The quantitative estimate of drug-likeness (QED) is 0.744. The average Bonchev–Trinajstić information content (AvgIpc) is 2.68. The van der Waals surface area contributed by atoms with Gasteiger partial charge in [-0.25, -0.2) is 0 Å². The molecule has 2 rings (SSSR count). The van der Waals surface area contributed by atoms with Crippen LogP contribution in [0.1, 0.15) is 17.5 Å². The molecule has 2 heteroatoms. The first kappa shape index (κ1) is 11.6. The number of benzene rings is 1. The Labute approximate surface area is 103 Å². The van der Waals surface area contributed by atoms with E-state index in [-0.39, 0.29) is 0 Å². The van der Waals surface area contributed by atoms with Crippen LogP contribution in [0.25, 0.3) is 0 Å². The van der Waals surface area contributed by atoms with Crippen molar-refractivity contribution in [3.63, 3.8) is 0 Å². The van der Waals surface area contributed by atoms with Crippen LogP contribution in [-0.4, -0.2) is 4.82 Å². The van der Waals surface area contributed by atoms with Gasteiger partial charge in [-0.1, -0.05) is 0 Å². The van der Waals surface area contributed by atoms with Gasteiger partial charge in [-0.3, -0.25) is 0 Å². The SMILES string of the molecule is [CH2]=[Ti]([O]c1cc(C)cc(C)c1)[C]1=CC=CC1. The molecule has 0 saturated heterocycles. The number of rotatable bonds is 3. The monoisotopic (exact) mass is 248 g/mol. The van der Waals surface area contributed by atoms with E-state index in [1.165, 1.54) is 15.0 Å². The maximum atomic E-state index is 6.01. The molecule has 1 aliphatic carbocycles. The van der Waals surface area contributed by atoms with Gasteiger partial charge in [-0.05, 0) is 0 Å². The van der Waals surface area contributed by atoms with E-state index in [1.807, 2.05) is 0 Å². The Morgan fingerprint density at radius 2 is 1.88 bits per heavy atom. The molecule has 0 radical (unpaired) electrons. The van der Waals surface area contributed by atoms with Crippen LogP contribution < -0.4 is 3.32 Å². The molecule has 0 spiro atoms. The molecule has 0 aliphatic heterocycles. The first-order valence-corrected chi connectivity index (χ1v) is 7.98. The molecule has 0 amide bonds. The zero-order valence-corrected chi connectivity index (χ0v) is 11.3. The zero-order valence-electron chi connectivity index (χ0n) is 9.79. The normalized spacial score (nSPS) is 13.8. The van der Waals surface area contributed by atoms with E-state index in [0.717, 1.165) is 12.2 Å². The van der Waals surface area contributed by atoms with Crippen LogP contribution in [0.4, 0.5) is 0 Å². The van der Waals surface area contributed by atoms with Gasteiger partial charge in [0.05, 0.1) is 0 Å². The van der Waals surface area contributed by atoms with Gasteiger partial charge in [0.2, 0.25) is 0 Å². The van der Waals surface area contributed by atoms with Crippen molar-refractivity contribution >= 4 is 4.82 Å². The van der Waals surface area contributed by atoms with Crippen LogP contribution in [0.15, 0.2) is 40.3 Å². The Bertz CT molecular complexity index is 463. The summed E-state index contributed by atoms with van der Waals surface area (Å²) in [6.07, 6.45) is 7.45. The van der Waals surface area contributed by atoms with Crippen molar-refractivity contribution < 1.29 is 21.1 Å². The average molecular weight is 248 g/mol. The zero-order chi connectivity index (χ0) is 11.5. The summed E-state index contributed by atoms with van der Waals surface area (Å²) in [7, 11) is 0. The van der Waals surface area contributed by atoms with E-state index in [0.29, 0.717) is 0 Å². The fraction of sp³-hybridized carbons (Fsp3) is 0.214. The minimum absolute atomic E-state index is 0.982. The van der Waals surface area contributed by atoms with Crippen LogP contribution in [0, 0.1) is 13.8 Å². The molecule has 1 aromatic carbocycles. The standard InChI is InChI=1S/C8H10O.C5H5.CH2.Ti/c1-6-3-7(2)5-8(9)4-6;1-2-4-5-3-1;;/h3-5,9H,1-2H3;1-3H,4H2;1H2;/q;;;+1/p-1. The van der Waals surface area contributed by atoms with E-state index < -0.39 is 17.8 Å². The minimum atomic E-state index is -1.75. The molecule has 82 valence electrons. The Hall–Kier alpha value is -0.916. The van der Waals surface area contributed by atoms with E-state index in [2.05, 4.69) is 55.1 Å². The Morgan fingerprint density at radius 1 is 1.19 bits per heavy atom. The summed E-state index contributed by atoms with van der Waals surface area (Å²) < 4.78 is 7.41. The van der Waals surface area contributed by atoms with E-state index >= 15 is 0 Å². The van der Waals surface area contributed by atoms with Crippen LogP contribution >= 0.6 is 0 Å². The summed E-state index contributed by atoms with van der Waals surface area (Å²) in [6.45, 7) is 4.19. The van der Waals surface area contributed by atoms with E-state index in [4.69, 9.17) is 3.32 Å². The van der Waals surface area contributed by atoms with Gasteiger partial charge in [0.15, 0.2) is 0 Å². The van der Waals surface area contributed by atoms with Crippen molar-refractivity contribution in [1.82, 2.24) is 0 Å². The molecular formula is C14H16OTi. The predicted octanol–water partition coefficient (Wildman–Crippen LogP) is 3.49. The van der Waals surface area contributed by atoms with Crippen molar-refractivity contribution in [2.24, 2.45) is 0 Å². The molecule has 1 aliphatic rings. The molecule has 0 aromatic heterocycles. The first-order valence-electron chi connectivity index (χ1n) is 5.46. The van der Waals surface area contributed by atoms with Crippen LogP contribution in [0.3, 0.4) is 0 Å². The van der Waals surface area contributed by atoms with Gasteiger partial charge in [0.25, 0.3) is 0 Å². The van der Waals surface area contributed by atoms with Crippen LogP contribution in [0.2, 0.25) is 0 Å². The number of allylic oxidation sites excluding steroid dienone is 4. The molecule has 16 heavy (non-hydrogen) atoms. The first-order chi connectivity index (χ1) is 7.65. The molecule has 0 fully saturated rings. The van der Waals surface area contributed by atoms with Gasteiger partial charge in [-0.2, -0.15) is 0 Å². The topological polar surface area (TPSA) is 9.23 Å².